The summed E-state index contributed by atoms with van der Waals surface area (Å²) in [6, 6.07) is 13.7. The first-order valence-electron chi connectivity index (χ1n) is 10.3. The summed E-state index contributed by atoms with van der Waals surface area (Å²) in [6.45, 7) is 11.1. The van der Waals surface area contributed by atoms with Crippen LogP contribution in [-0.4, -0.2) is 11.1 Å². The lowest BCUT2D eigenvalue weighted by Gasteiger charge is -2.41. The molecule has 29 heavy (non-hydrogen) atoms. The molecule has 0 aliphatic heterocycles. The number of aliphatic hydroxyl groups is 1. The first-order valence-corrected chi connectivity index (χ1v) is 10.3. The summed E-state index contributed by atoms with van der Waals surface area (Å²) >= 11 is 0. The second kappa shape index (κ2) is 8.43. The highest BCUT2D eigenvalue weighted by atomic mass is 16.5. The van der Waals surface area contributed by atoms with Crippen molar-refractivity contribution >= 4 is 5.97 Å². The van der Waals surface area contributed by atoms with Crippen molar-refractivity contribution in [1.29, 1.82) is 0 Å². The van der Waals surface area contributed by atoms with Crippen LogP contribution in [0.15, 0.2) is 42.5 Å². The third kappa shape index (κ3) is 4.71. The van der Waals surface area contributed by atoms with Crippen molar-refractivity contribution < 1.29 is 14.6 Å². The third-order valence-electron chi connectivity index (χ3n) is 6.19. The summed E-state index contributed by atoms with van der Waals surface area (Å²) in [7, 11) is 0. The average Bonchev–Trinajstić information content (AvgIpc) is 2.66. The summed E-state index contributed by atoms with van der Waals surface area (Å²) in [5.41, 5.74) is 5.43. The second-order valence-corrected chi connectivity index (χ2v) is 8.94. The fraction of sp³-hybridized carbons (Fsp3) is 0.423. The molecule has 3 nitrogen and oxygen atoms in total. The lowest BCUT2D eigenvalue weighted by molar-refractivity contribution is -0.136. The Morgan fingerprint density at radius 1 is 1.24 bits per heavy atom. The van der Waals surface area contributed by atoms with Crippen LogP contribution in [0.2, 0.25) is 0 Å². The SMILES string of the molecule is Cc1cc2c(cc1C(O)C#COC(=O)Cc1ccccc1)C(C)C(C)CC2(C)C. The number of fused-ring (bicyclic) bond motifs is 1. The van der Waals surface area contributed by atoms with Crippen molar-refractivity contribution in [3.05, 3.63) is 70.3 Å². The maximum absolute atomic E-state index is 11.9. The van der Waals surface area contributed by atoms with Gasteiger partial charge in [-0.2, -0.15) is 0 Å². The van der Waals surface area contributed by atoms with Crippen LogP contribution in [0.1, 0.15) is 74.0 Å². The van der Waals surface area contributed by atoms with Crippen LogP contribution < -0.4 is 0 Å². The molecule has 3 atom stereocenters. The number of aliphatic hydroxyl groups excluding tert-OH is 1. The van der Waals surface area contributed by atoms with Gasteiger partial charge in [-0.05, 0) is 64.3 Å². The summed E-state index contributed by atoms with van der Waals surface area (Å²) < 4.78 is 5.00. The normalized spacial score (nSPS) is 20.8. The number of ether oxygens (including phenoxy) is 1. The van der Waals surface area contributed by atoms with Crippen molar-refractivity contribution in [2.75, 3.05) is 0 Å². The van der Waals surface area contributed by atoms with Crippen LogP contribution in [0.4, 0.5) is 0 Å². The standard InChI is InChI=1S/C26H30O3/c1-17-13-23-22(19(3)18(2)16-26(23,4)5)15-21(17)24(27)11-12-29-25(28)14-20-9-7-6-8-10-20/h6-10,13,15,18-19,24,27H,14,16H2,1-5H3. The van der Waals surface area contributed by atoms with E-state index in [0.29, 0.717) is 11.8 Å². The van der Waals surface area contributed by atoms with Gasteiger partial charge in [0.25, 0.3) is 0 Å². The van der Waals surface area contributed by atoms with Crippen LogP contribution >= 0.6 is 0 Å². The van der Waals surface area contributed by atoms with Crippen molar-refractivity contribution in [3.63, 3.8) is 0 Å². The summed E-state index contributed by atoms with van der Waals surface area (Å²) in [5.74, 6) is 3.25. The van der Waals surface area contributed by atoms with E-state index in [2.05, 4.69) is 51.9 Å². The molecule has 0 aromatic heterocycles. The lowest BCUT2D eigenvalue weighted by atomic mass is 9.64. The quantitative estimate of drug-likeness (QED) is 0.579. The zero-order chi connectivity index (χ0) is 21.2. The number of hydrogen-bond acceptors (Lipinski definition) is 3. The molecule has 1 N–H and O–H groups in total. The van der Waals surface area contributed by atoms with E-state index >= 15 is 0 Å². The molecule has 3 rings (SSSR count). The molecule has 0 bridgehead atoms. The predicted octanol–water partition coefficient (Wildman–Crippen LogP) is 5.20. The number of aryl methyl sites for hydroxylation is 1. The first kappa shape index (κ1) is 21.1. The summed E-state index contributed by atoms with van der Waals surface area (Å²) in [6.07, 6.45) is 2.72. The molecule has 0 saturated carbocycles. The van der Waals surface area contributed by atoms with Gasteiger partial charge < -0.3 is 9.84 Å². The van der Waals surface area contributed by atoms with Crippen LogP contribution in [0, 0.1) is 24.9 Å². The van der Waals surface area contributed by atoms with Gasteiger partial charge in [0.15, 0.2) is 0 Å². The van der Waals surface area contributed by atoms with Crippen molar-refractivity contribution in [1.82, 2.24) is 0 Å². The van der Waals surface area contributed by atoms with Gasteiger partial charge in [-0.15, -0.1) is 0 Å². The second-order valence-electron chi connectivity index (χ2n) is 8.94. The zero-order valence-electron chi connectivity index (χ0n) is 18.0. The molecule has 0 saturated heterocycles. The summed E-state index contributed by atoms with van der Waals surface area (Å²) in [4.78, 5) is 11.9. The lowest BCUT2D eigenvalue weighted by Crippen LogP contribution is -2.31. The minimum atomic E-state index is -0.989. The largest absolute Gasteiger partial charge is 0.376 e. The maximum atomic E-state index is 11.9. The number of carbonyl (C=O) groups is 1. The zero-order valence-corrected chi connectivity index (χ0v) is 18.0. The summed E-state index contributed by atoms with van der Waals surface area (Å²) in [5, 5.41) is 10.6. The van der Waals surface area contributed by atoms with Crippen molar-refractivity contribution in [2.45, 2.75) is 64.9 Å². The molecule has 0 fully saturated rings. The number of esters is 1. The molecular weight excluding hydrogens is 360 g/mol. The highest BCUT2D eigenvalue weighted by Crippen LogP contribution is 2.46. The van der Waals surface area contributed by atoms with Crippen LogP contribution in [0.25, 0.3) is 0 Å². The van der Waals surface area contributed by atoms with E-state index in [0.717, 1.165) is 23.1 Å². The van der Waals surface area contributed by atoms with Gasteiger partial charge in [0.05, 0.1) is 6.42 Å². The Morgan fingerprint density at radius 3 is 2.62 bits per heavy atom. The van der Waals surface area contributed by atoms with E-state index in [1.54, 1.807) is 0 Å². The minimum absolute atomic E-state index is 0.119. The number of hydrogen-bond donors (Lipinski definition) is 1. The number of benzene rings is 2. The Morgan fingerprint density at radius 2 is 1.93 bits per heavy atom. The number of rotatable bonds is 3. The first-order chi connectivity index (χ1) is 13.7. The van der Waals surface area contributed by atoms with Gasteiger partial charge in [-0.1, -0.05) is 70.2 Å². The van der Waals surface area contributed by atoms with E-state index in [1.807, 2.05) is 37.3 Å². The Kier molecular flexibility index (Phi) is 6.15. The number of carbonyl (C=O) groups excluding carboxylic acids is 1. The minimum Gasteiger partial charge on any atom is -0.376 e. The monoisotopic (exact) mass is 390 g/mol. The molecule has 0 amide bonds. The topological polar surface area (TPSA) is 46.5 Å². The predicted molar refractivity (Wildman–Crippen MR) is 115 cm³/mol. The van der Waals surface area contributed by atoms with Gasteiger partial charge in [-0.3, -0.25) is 4.79 Å². The Bertz CT molecular complexity index is 947. The van der Waals surface area contributed by atoms with Crippen molar-refractivity contribution in [3.8, 4) is 12.0 Å². The molecule has 1 aliphatic carbocycles. The van der Waals surface area contributed by atoms with Gasteiger partial charge in [0.2, 0.25) is 0 Å². The average molecular weight is 391 g/mol. The van der Waals surface area contributed by atoms with E-state index in [9.17, 15) is 9.90 Å². The molecule has 3 heteroatoms. The maximum Gasteiger partial charge on any atom is 0.324 e. The van der Waals surface area contributed by atoms with Crippen molar-refractivity contribution in [2.24, 2.45) is 5.92 Å². The van der Waals surface area contributed by atoms with Crippen LogP contribution in [-0.2, 0) is 21.4 Å². The smallest absolute Gasteiger partial charge is 0.324 e. The molecule has 3 unspecified atom stereocenters. The highest BCUT2D eigenvalue weighted by molar-refractivity contribution is 5.73. The molecule has 2 aromatic carbocycles. The van der Waals surface area contributed by atoms with E-state index in [4.69, 9.17) is 4.74 Å². The fourth-order valence-corrected chi connectivity index (χ4v) is 4.42. The van der Waals surface area contributed by atoms with E-state index < -0.39 is 12.1 Å². The van der Waals surface area contributed by atoms with Gasteiger partial charge >= 0.3 is 5.97 Å². The van der Waals surface area contributed by atoms with Gasteiger partial charge in [-0.25, -0.2) is 0 Å². The van der Waals surface area contributed by atoms with Gasteiger partial charge in [0.1, 0.15) is 12.2 Å². The molecule has 2 aromatic rings. The van der Waals surface area contributed by atoms with E-state index in [1.165, 1.54) is 11.1 Å². The molecule has 152 valence electrons. The van der Waals surface area contributed by atoms with Crippen LogP contribution in [0.3, 0.4) is 0 Å². The fourth-order valence-electron chi connectivity index (χ4n) is 4.42. The molecular formula is C26H30O3. The third-order valence-corrected chi connectivity index (χ3v) is 6.19. The van der Waals surface area contributed by atoms with E-state index in [-0.39, 0.29) is 11.8 Å². The molecule has 0 radical (unpaired) electrons. The molecule has 1 aliphatic rings. The highest BCUT2D eigenvalue weighted by Gasteiger charge is 2.35. The Balaban J connectivity index is 1.76. The Hall–Kier alpha value is -2.57. The van der Waals surface area contributed by atoms with Crippen LogP contribution in [0.5, 0.6) is 0 Å². The van der Waals surface area contributed by atoms with Gasteiger partial charge in [0, 0.05) is 0 Å². The Labute approximate surface area is 174 Å². The molecule has 0 spiro atoms. The molecule has 0 heterocycles.